The van der Waals surface area contributed by atoms with Gasteiger partial charge in [-0.3, -0.25) is 9.20 Å². The summed E-state index contributed by atoms with van der Waals surface area (Å²) in [6.45, 7) is 0.200. The van der Waals surface area contributed by atoms with Crippen molar-refractivity contribution in [3.63, 3.8) is 0 Å². The number of nitrogens with one attached hydrogen (secondary N) is 1. The SMILES string of the molecule is NC(=O)CCCCNS(=O)(=O)c1c(Cl)nc2ccccn12. The van der Waals surface area contributed by atoms with Crippen molar-refractivity contribution in [3.8, 4) is 0 Å². The number of rotatable bonds is 7. The van der Waals surface area contributed by atoms with Crippen molar-refractivity contribution >= 4 is 33.2 Å². The van der Waals surface area contributed by atoms with Gasteiger partial charge in [0.05, 0.1) is 0 Å². The average Bonchev–Trinajstić information content (AvgIpc) is 2.74. The van der Waals surface area contributed by atoms with Crippen molar-refractivity contribution in [1.29, 1.82) is 0 Å². The van der Waals surface area contributed by atoms with E-state index in [1.54, 1.807) is 24.4 Å². The first kappa shape index (κ1) is 15.7. The summed E-state index contributed by atoms with van der Waals surface area (Å²) in [5, 5.41) is -0.166. The first-order chi connectivity index (χ1) is 9.92. The summed E-state index contributed by atoms with van der Waals surface area (Å²) >= 11 is 5.92. The van der Waals surface area contributed by atoms with Crippen molar-refractivity contribution in [2.24, 2.45) is 5.73 Å². The smallest absolute Gasteiger partial charge is 0.259 e. The van der Waals surface area contributed by atoms with Crippen molar-refractivity contribution in [2.75, 3.05) is 6.54 Å². The van der Waals surface area contributed by atoms with Crippen LogP contribution in [0, 0.1) is 0 Å². The molecular formula is C12H15ClN4O3S. The fourth-order valence-electron chi connectivity index (χ4n) is 1.88. The quantitative estimate of drug-likeness (QED) is 0.736. The highest BCUT2D eigenvalue weighted by Crippen LogP contribution is 2.22. The zero-order chi connectivity index (χ0) is 15.5. The molecule has 0 saturated heterocycles. The Balaban J connectivity index is 2.11. The summed E-state index contributed by atoms with van der Waals surface area (Å²) in [5.41, 5.74) is 5.47. The highest BCUT2D eigenvalue weighted by molar-refractivity contribution is 7.89. The Bertz CT molecular complexity index is 757. The number of amides is 1. The molecule has 0 atom stereocenters. The molecule has 1 amide bonds. The summed E-state index contributed by atoms with van der Waals surface area (Å²) < 4.78 is 28.4. The lowest BCUT2D eigenvalue weighted by molar-refractivity contribution is -0.118. The first-order valence-corrected chi connectivity index (χ1v) is 8.18. The van der Waals surface area contributed by atoms with Gasteiger partial charge in [0.2, 0.25) is 5.91 Å². The molecule has 0 bridgehead atoms. The number of imidazole rings is 1. The summed E-state index contributed by atoms with van der Waals surface area (Å²) in [4.78, 5) is 14.6. The zero-order valence-electron chi connectivity index (χ0n) is 11.1. The van der Waals surface area contributed by atoms with Crippen LogP contribution >= 0.6 is 11.6 Å². The van der Waals surface area contributed by atoms with Crippen molar-refractivity contribution < 1.29 is 13.2 Å². The van der Waals surface area contributed by atoms with Crippen LogP contribution in [-0.2, 0) is 14.8 Å². The molecule has 2 heterocycles. The Hall–Kier alpha value is -1.64. The van der Waals surface area contributed by atoms with Gasteiger partial charge in [-0.25, -0.2) is 18.1 Å². The third-order valence-electron chi connectivity index (χ3n) is 2.84. The number of pyridine rings is 1. The molecule has 2 rings (SSSR count). The van der Waals surface area contributed by atoms with Gasteiger partial charge in [-0.05, 0) is 25.0 Å². The fraction of sp³-hybridized carbons (Fsp3) is 0.333. The predicted molar refractivity (Wildman–Crippen MR) is 78.4 cm³/mol. The number of sulfonamides is 1. The molecule has 2 aromatic rings. The number of fused-ring (bicyclic) bond motifs is 1. The van der Waals surface area contributed by atoms with Gasteiger partial charge in [0.1, 0.15) is 5.65 Å². The number of aromatic nitrogens is 2. The Kier molecular flexibility index (Phi) is 4.81. The number of nitrogens with zero attached hydrogens (tertiary/aromatic N) is 2. The maximum atomic E-state index is 12.3. The standard InChI is InChI=1S/C12H15ClN4O3S/c13-11-12(17-8-4-2-6-10(17)16-11)21(19,20)15-7-3-1-5-9(14)18/h2,4,6,8,15H,1,3,5,7H2,(H2,14,18). The van der Waals surface area contributed by atoms with E-state index < -0.39 is 15.9 Å². The van der Waals surface area contributed by atoms with E-state index in [4.69, 9.17) is 17.3 Å². The third kappa shape index (κ3) is 3.72. The largest absolute Gasteiger partial charge is 0.370 e. The van der Waals surface area contributed by atoms with Crippen LogP contribution in [0.3, 0.4) is 0 Å². The molecule has 0 aromatic carbocycles. The van der Waals surface area contributed by atoms with Crippen molar-refractivity contribution in [3.05, 3.63) is 29.5 Å². The molecule has 0 saturated carbocycles. The van der Waals surface area contributed by atoms with Crippen LogP contribution in [0.25, 0.3) is 5.65 Å². The van der Waals surface area contributed by atoms with Crippen LogP contribution < -0.4 is 10.5 Å². The maximum absolute atomic E-state index is 12.3. The molecule has 3 N–H and O–H groups in total. The molecule has 0 unspecified atom stereocenters. The minimum Gasteiger partial charge on any atom is -0.370 e. The highest BCUT2D eigenvalue weighted by Gasteiger charge is 2.23. The van der Waals surface area contributed by atoms with E-state index in [9.17, 15) is 13.2 Å². The summed E-state index contributed by atoms with van der Waals surface area (Å²) in [6, 6.07) is 5.10. The minimum absolute atomic E-state index is 0.0779. The Morgan fingerprint density at radius 1 is 1.38 bits per heavy atom. The third-order valence-corrected chi connectivity index (χ3v) is 4.70. The number of carbonyl (C=O) groups is 1. The molecule has 7 nitrogen and oxygen atoms in total. The van der Waals surface area contributed by atoms with E-state index in [1.807, 2.05) is 0 Å². The second-order valence-corrected chi connectivity index (χ2v) is 6.50. The van der Waals surface area contributed by atoms with Crippen LogP contribution in [0.1, 0.15) is 19.3 Å². The fourth-order valence-corrected chi connectivity index (χ4v) is 3.60. The zero-order valence-corrected chi connectivity index (χ0v) is 12.7. The topological polar surface area (TPSA) is 107 Å². The minimum atomic E-state index is -3.77. The molecule has 0 spiro atoms. The van der Waals surface area contributed by atoms with Crippen molar-refractivity contribution in [1.82, 2.24) is 14.1 Å². The molecule has 2 aromatic heterocycles. The van der Waals surface area contributed by atoms with Gasteiger partial charge in [0.25, 0.3) is 10.0 Å². The molecule has 114 valence electrons. The second kappa shape index (κ2) is 6.42. The lowest BCUT2D eigenvalue weighted by Crippen LogP contribution is -2.26. The van der Waals surface area contributed by atoms with E-state index in [0.717, 1.165) is 0 Å². The van der Waals surface area contributed by atoms with Gasteiger partial charge in [-0.2, -0.15) is 0 Å². The van der Waals surface area contributed by atoms with Crippen LogP contribution in [-0.4, -0.2) is 30.3 Å². The van der Waals surface area contributed by atoms with Crippen LogP contribution in [0.5, 0.6) is 0 Å². The molecular weight excluding hydrogens is 316 g/mol. The van der Waals surface area contributed by atoms with Crippen LogP contribution in [0.4, 0.5) is 0 Å². The summed E-state index contributed by atoms with van der Waals surface area (Å²) in [7, 11) is -3.77. The molecule has 21 heavy (non-hydrogen) atoms. The maximum Gasteiger partial charge on any atom is 0.259 e. The molecule has 0 aliphatic rings. The molecule has 0 radical (unpaired) electrons. The lowest BCUT2D eigenvalue weighted by Gasteiger charge is -2.06. The average molecular weight is 331 g/mol. The van der Waals surface area contributed by atoms with Gasteiger partial charge < -0.3 is 5.73 Å². The number of carbonyl (C=O) groups excluding carboxylic acids is 1. The van der Waals surface area contributed by atoms with Crippen molar-refractivity contribution in [2.45, 2.75) is 24.3 Å². The second-order valence-electron chi connectivity index (χ2n) is 4.46. The van der Waals surface area contributed by atoms with Gasteiger partial charge >= 0.3 is 0 Å². The van der Waals surface area contributed by atoms with Gasteiger partial charge in [0.15, 0.2) is 10.2 Å². The number of unbranched alkanes of at least 4 members (excludes halogenated alkanes) is 1. The first-order valence-electron chi connectivity index (χ1n) is 6.32. The van der Waals surface area contributed by atoms with Gasteiger partial charge in [-0.1, -0.05) is 17.7 Å². The summed E-state index contributed by atoms with van der Waals surface area (Å²) in [6.07, 6.45) is 2.85. The van der Waals surface area contributed by atoms with E-state index in [2.05, 4.69) is 9.71 Å². The van der Waals surface area contributed by atoms with Crippen LogP contribution in [0.2, 0.25) is 5.15 Å². The molecule has 9 heteroatoms. The number of halogens is 1. The number of nitrogens with two attached hydrogens (primary N) is 1. The highest BCUT2D eigenvalue weighted by atomic mass is 35.5. The van der Waals surface area contributed by atoms with Gasteiger partial charge in [0, 0.05) is 19.2 Å². The van der Waals surface area contributed by atoms with Gasteiger partial charge in [-0.15, -0.1) is 0 Å². The predicted octanol–water partition coefficient (Wildman–Crippen LogP) is 0.922. The Morgan fingerprint density at radius 2 is 2.14 bits per heavy atom. The number of hydrogen-bond acceptors (Lipinski definition) is 4. The molecule has 0 aliphatic heterocycles. The Labute approximate surface area is 127 Å². The van der Waals surface area contributed by atoms with E-state index >= 15 is 0 Å². The molecule has 0 aliphatic carbocycles. The number of primary amides is 1. The van der Waals surface area contributed by atoms with E-state index in [-0.39, 0.29) is 23.1 Å². The van der Waals surface area contributed by atoms with E-state index in [1.165, 1.54) is 4.40 Å². The number of hydrogen-bond donors (Lipinski definition) is 2. The molecule has 0 fully saturated rings. The monoisotopic (exact) mass is 330 g/mol. The normalized spacial score (nSPS) is 11.9. The summed E-state index contributed by atoms with van der Waals surface area (Å²) in [5.74, 6) is -0.400. The van der Waals surface area contributed by atoms with E-state index in [0.29, 0.717) is 18.5 Å². The Morgan fingerprint density at radius 3 is 2.86 bits per heavy atom. The lowest BCUT2D eigenvalue weighted by atomic mass is 10.2. The van der Waals surface area contributed by atoms with Crippen LogP contribution in [0.15, 0.2) is 29.4 Å².